The van der Waals surface area contributed by atoms with Crippen molar-refractivity contribution in [1.82, 2.24) is 0 Å². The van der Waals surface area contributed by atoms with E-state index in [1.54, 1.807) is 0 Å². The standard InChI is InChI=1S/C76H136O6/c1-4-7-10-13-16-19-22-25-28-30-32-33-34-35-36-37-38-39-40-41-42-43-45-46-48-51-54-57-60-63-66-69-75(78)81-72-73(71-80-74(77)68-65-62-59-56-53-50-27-24-21-18-15-12-9-6-3)82-76(79)70-67-64-61-58-55-52-49-47-44-31-29-26-23-20-17-14-11-8-5-2/h17,20,22,24-27,29-30,32,34-35,73H,4-16,18-19,21,23,28,31,33,36-72H2,1-3H3/b20-17-,25-22-,27-24-,29-26-,32-30-,35-34-. The Morgan fingerprint density at radius 3 is 0.720 bits per heavy atom. The summed E-state index contributed by atoms with van der Waals surface area (Å²) in [6, 6.07) is 0. The summed E-state index contributed by atoms with van der Waals surface area (Å²) >= 11 is 0. The van der Waals surface area contributed by atoms with E-state index in [2.05, 4.69) is 93.7 Å². The smallest absolute Gasteiger partial charge is 0.306 e. The summed E-state index contributed by atoms with van der Waals surface area (Å²) in [6.07, 6.45) is 92.2. The first kappa shape index (κ1) is 78.8. The maximum absolute atomic E-state index is 12.9. The predicted octanol–water partition coefficient (Wildman–Crippen LogP) is 24.8. The van der Waals surface area contributed by atoms with Crippen molar-refractivity contribution in [2.24, 2.45) is 0 Å². The van der Waals surface area contributed by atoms with Crippen LogP contribution >= 0.6 is 0 Å². The van der Waals surface area contributed by atoms with Crippen LogP contribution in [0.3, 0.4) is 0 Å². The second-order valence-corrected chi connectivity index (χ2v) is 24.1. The molecule has 0 aliphatic heterocycles. The second kappa shape index (κ2) is 70.3. The Morgan fingerprint density at radius 1 is 0.244 bits per heavy atom. The lowest BCUT2D eigenvalue weighted by molar-refractivity contribution is -0.167. The third kappa shape index (κ3) is 67.6. The zero-order valence-corrected chi connectivity index (χ0v) is 54.8. The quantitative estimate of drug-likeness (QED) is 0.0261. The summed E-state index contributed by atoms with van der Waals surface area (Å²) in [4.78, 5) is 38.4. The fraction of sp³-hybridized carbons (Fsp3) is 0.803. The van der Waals surface area contributed by atoms with E-state index in [4.69, 9.17) is 14.2 Å². The average molecular weight is 1150 g/mol. The van der Waals surface area contributed by atoms with Crippen molar-refractivity contribution in [3.63, 3.8) is 0 Å². The molecule has 0 aliphatic rings. The molecule has 6 nitrogen and oxygen atoms in total. The van der Waals surface area contributed by atoms with Crippen LogP contribution in [-0.2, 0) is 28.6 Å². The van der Waals surface area contributed by atoms with Crippen molar-refractivity contribution in [1.29, 1.82) is 0 Å². The van der Waals surface area contributed by atoms with Gasteiger partial charge in [-0.05, 0) is 116 Å². The molecule has 0 aromatic carbocycles. The zero-order valence-electron chi connectivity index (χ0n) is 54.8. The van der Waals surface area contributed by atoms with Crippen LogP contribution in [0.15, 0.2) is 72.9 Å². The second-order valence-electron chi connectivity index (χ2n) is 24.1. The lowest BCUT2D eigenvalue weighted by atomic mass is 10.0. The van der Waals surface area contributed by atoms with E-state index in [-0.39, 0.29) is 31.1 Å². The lowest BCUT2D eigenvalue weighted by Gasteiger charge is -2.18. The third-order valence-electron chi connectivity index (χ3n) is 15.9. The number of rotatable bonds is 66. The van der Waals surface area contributed by atoms with Crippen LogP contribution in [0.5, 0.6) is 0 Å². The SMILES string of the molecule is CCCCC/C=C\C/C=C\CCCCCCCCCCCC(=O)OC(COC(=O)CCCCCCC/C=C\CCCCCCC)COC(=O)CCCCCCCCCCCCCCCCCC/C=C\C/C=C\C/C=C\CCCCCCC. The van der Waals surface area contributed by atoms with Gasteiger partial charge < -0.3 is 14.2 Å². The van der Waals surface area contributed by atoms with Crippen LogP contribution in [0, 0.1) is 0 Å². The van der Waals surface area contributed by atoms with Crippen LogP contribution in [0.25, 0.3) is 0 Å². The minimum Gasteiger partial charge on any atom is -0.462 e. The molecule has 6 heteroatoms. The van der Waals surface area contributed by atoms with Crippen molar-refractivity contribution in [2.75, 3.05) is 13.2 Å². The Balaban J connectivity index is 4.22. The van der Waals surface area contributed by atoms with Crippen LogP contribution in [0.1, 0.15) is 374 Å². The molecule has 0 fully saturated rings. The summed E-state index contributed by atoms with van der Waals surface area (Å²) < 4.78 is 17.0. The molecule has 0 amide bonds. The van der Waals surface area contributed by atoms with Gasteiger partial charge >= 0.3 is 17.9 Å². The first-order chi connectivity index (χ1) is 40.5. The van der Waals surface area contributed by atoms with E-state index in [0.29, 0.717) is 19.3 Å². The highest BCUT2D eigenvalue weighted by molar-refractivity contribution is 5.71. The molecular weight excluding hydrogens is 1010 g/mol. The Kier molecular flexibility index (Phi) is 67.6. The Morgan fingerprint density at radius 2 is 0.439 bits per heavy atom. The highest BCUT2D eigenvalue weighted by Gasteiger charge is 2.19. The molecule has 82 heavy (non-hydrogen) atoms. The van der Waals surface area contributed by atoms with Crippen LogP contribution in [-0.4, -0.2) is 37.2 Å². The molecule has 0 aromatic heterocycles. The van der Waals surface area contributed by atoms with Gasteiger partial charge in [-0.1, -0.05) is 312 Å². The van der Waals surface area contributed by atoms with Crippen LogP contribution in [0.2, 0.25) is 0 Å². The van der Waals surface area contributed by atoms with Crippen LogP contribution in [0.4, 0.5) is 0 Å². The van der Waals surface area contributed by atoms with E-state index in [1.807, 2.05) is 0 Å². The number of hydrogen-bond donors (Lipinski definition) is 0. The number of esters is 3. The fourth-order valence-corrected chi connectivity index (χ4v) is 10.5. The zero-order chi connectivity index (χ0) is 59.2. The monoisotopic (exact) mass is 1150 g/mol. The molecule has 0 spiro atoms. The number of carbonyl (C=O) groups is 3. The first-order valence-electron chi connectivity index (χ1n) is 35.9. The summed E-state index contributed by atoms with van der Waals surface area (Å²) in [7, 11) is 0. The topological polar surface area (TPSA) is 78.9 Å². The van der Waals surface area contributed by atoms with Gasteiger partial charge in [0, 0.05) is 19.3 Å². The van der Waals surface area contributed by atoms with Gasteiger partial charge in [0.15, 0.2) is 6.10 Å². The van der Waals surface area contributed by atoms with Crippen molar-refractivity contribution >= 4 is 17.9 Å². The summed E-state index contributed by atoms with van der Waals surface area (Å²) in [5.41, 5.74) is 0. The minimum absolute atomic E-state index is 0.0766. The predicted molar refractivity (Wildman–Crippen MR) is 358 cm³/mol. The van der Waals surface area contributed by atoms with Gasteiger partial charge in [0.05, 0.1) is 0 Å². The fourth-order valence-electron chi connectivity index (χ4n) is 10.5. The maximum atomic E-state index is 12.9. The molecule has 1 unspecified atom stereocenters. The van der Waals surface area contributed by atoms with E-state index >= 15 is 0 Å². The highest BCUT2D eigenvalue weighted by atomic mass is 16.6. The number of ether oxygens (including phenoxy) is 3. The highest BCUT2D eigenvalue weighted by Crippen LogP contribution is 2.17. The molecule has 0 N–H and O–H groups in total. The largest absolute Gasteiger partial charge is 0.462 e. The Bertz CT molecular complexity index is 1500. The molecule has 0 saturated heterocycles. The van der Waals surface area contributed by atoms with Crippen molar-refractivity contribution in [2.45, 2.75) is 380 Å². The van der Waals surface area contributed by atoms with E-state index in [0.717, 1.165) is 83.5 Å². The van der Waals surface area contributed by atoms with E-state index in [9.17, 15) is 14.4 Å². The van der Waals surface area contributed by atoms with Gasteiger partial charge in [0.2, 0.25) is 0 Å². The van der Waals surface area contributed by atoms with Gasteiger partial charge in [-0.2, -0.15) is 0 Å². The maximum Gasteiger partial charge on any atom is 0.306 e. The number of carbonyl (C=O) groups excluding carboxylic acids is 3. The van der Waals surface area contributed by atoms with E-state index in [1.165, 1.54) is 250 Å². The first-order valence-corrected chi connectivity index (χ1v) is 35.9. The Labute approximate surface area is 510 Å². The third-order valence-corrected chi connectivity index (χ3v) is 15.9. The number of allylic oxidation sites excluding steroid dienone is 12. The molecule has 0 aliphatic carbocycles. The average Bonchev–Trinajstić information content (AvgIpc) is 3.47. The van der Waals surface area contributed by atoms with Crippen molar-refractivity contribution in [3.05, 3.63) is 72.9 Å². The molecule has 0 heterocycles. The van der Waals surface area contributed by atoms with Gasteiger partial charge in [-0.25, -0.2) is 0 Å². The van der Waals surface area contributed by atoms with Gasteiger partial charge in [-0.15, -0.1) is 0 Å². The summed E-state index contributed by atoms with van der Waals surface area (Å²) in [5, 5.41) is 0. The number of unbranched alkanes of at least 4 members (excludes halogenated alkanes) is 43. The minimum atomic E-state index is -0.781. The molecule has 476 valence electrons. The van der Waals surface area contributed by atoms with Crippen LogP contribution < -0.4 is 0 Å². The molecule has 1 atom stereocenters. The van der Waals surface area contributed by atoms with Gasteiger partial charge in [-0.3, -0.25) is 14.4 Å². The molecular formula is C76H136O6. The normalized spacial score (nSPS) is 12.5. The molecule has 0 aromatic rings. The summed E-state index contributed by atoms with van der Waals surface area (Å²) in [5.74, 6) is -0.869. The summed E-state index contributed by atoms with van der Waals surface area (Å²) in [6.45, 7) is 6.63. The van der Waals surface area contributed by atoms with Crippen molar-refractivity contribution < 1.29 is 28.6 Å². The van der Waals surface area contributed by atoms with Gasteiger partial charge in [0.25, 0.3) is 0 Å². The molecule has 0 radical (unpaired) electrons. The van der Waals surface area contributed by atoms with Gasteiger partial charge in [0.1, 0.15) is 13.2 Å². The molecule has 0 rings (SSSR count). The number of hydrogen-bond acceptors (Lipinski definition) is 6. The van der Waals surface area contributed by atoms with Crippen molar-refractivity contribution in [3.8, 4) is 0 Å². The molecule has 0 bridgehead atoms. The van der Waals surface area contributed by atoms with E-state index < -0.39 is 6.10 Å². The Hall–Kier alpha value is -3.15. The molecule has 0 saturated carbocycles. The lowest BCUT2D eigenvalue weighted by Crippen LogP contribution is -2.30.